The van der Waals surface area contributed by atoms with Crippen LogP contribution in [-0.4, -0.2) is 17.1 Å². The molecular weight excluding hydrogens is 86.1 g/mol. The van der Waals surface area contributed by atoms with E-state index in [9.17, 15) is 0 Å². The highest BCUT2D eigenvalue weighted by Crippen LogP contribution is 1.50. The Morgan fingerprint density at radius 2 is 2.40 bits per heavy atom. The van der Waals surface area contributed by atoms with Crippen LogP contribution in [0.15, 0.2) is 0 Å². The molecule has 0 aromatic carbocycles. The molecule has 0 aliphatic heterocycles. The van der Waals surface area contributed by atoms with E-state index in [2.05, 4.69) is 14.8 Å². The molecule has 0 aromatic heterocycles. The molecule has 4 heteroatoms. The monoisotopic (exact) mass is 93.0 g/mol. The van der Waals surface area contributed by atoms with Gasteiger partial charge in [0.25, 0.3) is 0 Å². The van der Waals surface area contributed by atoms with E-state index < -0.39 is 10.0 Å². The van der Waals surface area contributed by atoms with E-state index in [0.717, 1.165) is 0 Å². The maximum absolute atomic E-state index is 4.58. The molecule has 5 heavy (non-hydrogen) atoms. The quantitative estimate of drug-likeness (QED) is 0.334. The van der Waals surface area contributed by atoms with Crippen LogP contribution in [0.3, 0.4) is 0 Å². The molecule has 2 N–H and O–H groups in total. The largest absolute Gasteiger partial charge is 0.401 e. The molecule has 0 heterocycles. The summed E-state index contributed by atoms with van der Waals surface area (Å²) < 4.78 is 8.59. The first-order valence-electron chi connectivity index (χ1n) is 1.22. The minimum atomic E-state index is -0.790. The summed E-state index contributed by atoms with van der Waals surface area (Å²) in [6.45, 7) is 0. The van der Waals surface area contributed by atoms with Crippen LogP contribution in [0.25, 0.3) is 0 Å². The lowest BCUT2D eigenvalue weighted by Crippen LogP contribution is -2.05. The molecule has 0 fully saturated rings. The minimum Gasteiger partial charge on any atom is -0.401 e. The van der Waals surface area contributed by atoms with Gasteiger partial charge in [-0.3, -0.25) is 0 Å². The van der Waals surface area contributed by atoms with Crippen molar-refractivity contribution in [1.29, 1.82) is 0 Å². The Kier molecular flexibility index (Phi) is 4.18. The summed E-state index contributed by atoms with van der Waals surface area (Å²) >= 11 is 0. The highest BCUT2D eigenvalue weighted by Gasteiger charge is 1.68. The maximum atomic E-state index is 4.58. The third-order valence-electron chi connectivity index (χ3n) is 0.186. The van der Waals surface area contributed by atoms with Crippen LogP contribution in [0.4, 0.5) is 0 Å². The molecule has 3 nitrogen and oxygen atoms in total. The molecule has 0 atom stereocenters. The number of nitrogens with two attached hydrogens (primary N) is 1. The fourth-order valence-corrected chi connectivity index (χ4v) is 0.204. The van der Waals surface area contributed by atoms with Crippen LogP contribution >= 0.6 is 0 Å². The summed E-state index contributed by atoms with van der Waals surface area (Å²) in [5, 5.41) is 0. The Bertz CT molecular complexity index is 17.1. The Labute approximate surface area is 33.1 Å². The Morgan fingerprint density at radius 1 is 1.80 bits per heavy atom. The second-order valence-corrected chi connectivity index (χ2v) is 1.72. The molecule has 0 rings (SSSR count). The van der Waals surface area contributed by atoms with Gasteiger partial charge in [-0.2, -0.15) is 0 Å². The lowest BCUT2D eigenvalue weighted by atomic mass is 11.8. The molecule has 0 bridgehead atoms. The zero-order chi connectivity index (χ0) is 4.12. The zero-order valence-electron chi connectivity index (χ0n) is 3.10. The van der Waals surface area contributed by atoms with Crippen molar-refractivity contribution < 1.29 is 8.95 Å². The van der Waals surface area contributed by atoms with Gasteiger partial charge in [-0.15, -0.1) is 0 Å². The van der Waals surface area contributed by atoms with Gasteiger partial charge in [-0.05, 0) is 0 Å². The van der Waals surface area contributed by atoms with E-state index in [0.29, 0.717) is 0 Å². The predicted octanol–water partition coefficient (Wildman–Crippen LogP) is -1.48. The molecule has 0 aliphatic carbocycles. The summed E-state index contributed by atoms with van der Waals surface area (Å²) in [5.41, 5.74) is 0. The molecule has 0 unspecified atom stereocenters. The molecule has 32 valence electrons. The summed E-state index contributed by atoms with van der Waals surface area (Å²) in [5.74, 6) is 4.58. The minimum absolute atomic E-state index is 0.790. The van der Waals surface area contributed by atoms with E-state index in [1.165, 1.54) is 0 Å². The first-order chi connectivity index (χ1) is 2.41. The van der Waals surface area contributed by atoms with Crippen molar-refractivity contribution in [2.45, 2.75) is 0 Å². The van der Waals surface area contributed by atoms with Gasteiger partial charge < -0.3 is 8.95 Å². The van der Waals surface area contributed by atoms with Crippen LogP contribution in [0, 0.1) is 0 Å². The lowest BCUT2D eigenvalue weighted by Gasteiger charge is -1.85. The van der Waals surface area contributed by atoms with Crippen molar-refractivity contribution in [2.24, 2.45) is 5.90 Å². The SMILES string of the molecule is CO[SiH2]ON. The summed E-state index contributed by atoms with van der Waals surface area (Å²) in [6.07, 6.45) is 0. The van der Waals surface area contributed by atoms with Crippen molar-refractivity contribution in [3.63, 3.8) is 0 Å². The van der Waals surface area contributed by atoms with E-state index >= 15 is 0 Å². The third kappa shape index (κ3) is 4.10. The lowest BCUT2D eigenvalue weighted by molar-refractivity contribution is 0.264. The van der Waals surface area contributed by atoms with Crippen molar-refractivity contribution in [2.75, 3.05) is 7.11 Å². The molecular formula is CH7NO2Si. The van der Waals surface area contributed by atoms with Crippen LogP contribution in [0.1, 0.15) is 0 Å². The number of hydrogen-bond donors (Lipinski definition) is 1. The first kappa shape index (κ1) is 5.10. The van der Waals surface area contributed by atoms with Gasteiger partial charge >= 0.3 is 10.0 Å². The maximum Gasteiger partial charge on any atom is 0.325 e. The molecule has 0 saturated heterocycles. The average Bonchev–Trinajstić information content (AvgIpc) is 1.41. The fourth-order valence-electron chi connectivity index (χ4n) is 0.0680. The Morgan fingerprint density at radius 3 is 2.40 bits per heavy atom. The second kappa shape index (κ2) is 4.10. The van der Waals surface area contributed by atoms with Gasteiger partial charge in [0.1, 0.15) is 0 Å². The smallest absolute Gasteiger partial charge is 0.325 e. The fraction of sp³-hybridized carbons (Fsp3) is 1.00. The normalized spacial score (nSPS) is 10.8. The zero-order valence-corrected chi connectivity index (χ0v) is 4.52. The summed E-state index contributed by atoms with van der Waals surface area (Å²) in [6, 6.07) is 0. The van der Waals surface area contributed by atoms with Crippen molar-refractivity contribution >= 4 is 10.0 Å². The number of hydrogen-bond acceptors (Lipinski definition) is 3. The van der Waals surface area contributed by atoms with E-state index in [4.69, 9.17) is 0 Å². The van der Waals surface area contributed by atoms with Crippen molar-refractivity contribution in [3.05, 3.63) is 0 Å². The van der Waals surface area contributed by atoms with Crippen molar-refractivity contribution in [3.8, 4) is 0 Å². The van der Waals surface area contributed by atoms with Crippen LogP contribution < -0.4 is 5.90 Å². The molecule has 0 aliphatic rings. The Balaban J connectivity index is 2.19. The molecule has 0 radical (unpaired) electrons. The molecule has 0 saturated carbocycles. The van der Waals surface area contributed by atoms with Crippen LogP contribution in [0.2, 0.25) is 0 Å². The van der Waals surface area contributed by atoms with Gasteiger partial charge in [0.2, 0.25) is 0 Å². The van der Waals surface area contributed by atoms with E-state index in [-0.39, 0.29) is 0 Å². The molecule has 0 amide bonds. The predicted molar refractivity (Wildman–Crippen MR) is 20.8 cm³/mol. The Hall–Kier alpha value is 0.0969. The van der Waals surface area contributed by atoms with Crippen LogP contribution in [-0.2, 0) is 8.95 Å². The molecule has 0 aromatic rings. The van der Waals surface area contributed by atoms with Crippen molar-refractivity contribution in [1.82, 2.24) is 0 Å². The van der Waals surface area contributed by atoms with E-state index in [1.54, 1.807) is 7.11 Å². The van der Waals surface area contributed by atoms with Gasteiger partial charge in [0.15, 0.2) is 0 Å². The molecule has 0 spiro atoms. The van der Waals surface area contributed by atoms with Crippen LogP contribution in [0.5, 0.6) is 0 Å². The summed E-state index contributed by atoms with van der Waals surface area (Å²) in [7, 11) is 0.778. The topological polar surface area (TPSA) is 44.5 Å². The standard InChI is InChI=1S/CH7NO2Si/c1-3-5-4-2/h2,5H2,1H3. The average molecular weight is 93.2 g/mol. The first-order valence-corrected chi connectivity index (χ1v) is 2.38. The highest BCUT2D eigenvalue weighted by atomic mass is 28.3. The van der Waals surface area contributed by atoms with E-state index in [1.807, 2.05) is 0 Å². The van der Waals surface area contributed by atoms with Gasteiger partial charge in [-0.1, -0.05) is 0 Å². The number of rotatable bonds is 2. The van der Waals surface area contributed by atoms with Gasteiger partial charge in [-0.25, -0.2) is 5.90 Å². The second-order valence-electron chi connectivity index (χ2n) is 0.573. The van der Waals surface area contributed by atoms with Gasteiger partial charge in [0.05, 0.1) is 0 Å². The third-order valence-corrected chi connectivity index (χ3v) is 0.558. The van der Waals surface area contributed by atoms with Gasteiger partial charge in [0, 0.05) is 7.11 Å². The highest BCUT2D eigenvalue weighted by molar-refractivity contribution is 6.17. The summed E-state index contributed by atoms with van der Waals surface area (Å²) in [4.78, 5) is 0.